The van der Waals surface area contributed by atoms with Crippen LogP contribution in [0.3, 0.4) is 0 Å². The SMILES string of the molecule is CC.CC(C)OCc1cn[nH]n1.CCC(C)(N)OCCC(C)C. The summed E-state index contributed by atoms with van der Waals surface area (Å²) in [4.78, 5) is 0. The van der Waals surface area contributed by atoms with Gasteiger partial charge in [0, 0.05) is 6.61 Å². The molecule has 0 radical (unpaired) electrons. The van der Waals surface area contributed by atoms with Crippen LogP contribution in [-0.4, -0.2) is 33.8 Å². The number of aromatic nitrogens is 3. The maximum atomic E-state index is 5.78. The number of H-pyrrole nitrogens is 1. The van der Waals surface area contributed by atoms with E-state index in [1.54, 1.807) is 6.20 Å². The average molecular weight is 331 g/mol. The third kappa shape index (κ3) is 17.2. The van der Waals surface area contributed by atoms with Crippen molar-refractivity contribution in [2.24, 2.45) is 11.7 Å². The van der Waals surface area contributed by atoms with Crippen LogP contribution in [0.4, 0.5) is 0 Å². The van der Waals surface area contributed by atoms with Crippen LogP contribution in [0.1, 0.15) is 73.9 Å². The fourth-order valence-electron chi connectivity index (χ4n) is 1.18. The van der Waals surface area contributed by atoms with Crippen molar-refractivity contribution >= 4 is 0 Å². The van der Waals surface area contributed by atoms with Crippen LogP contribution < -0.4 is 5.73 Å². The van der Waals surface area contributed by atoms with E-state index in [0.29, 0.717) is 12.5 Å². The fourth-order valence-corrected chi connectivity index (χ4v) is 1.18. The molecule has 1 heterocycles. The Morgan fingerprint density at radius 2 is 1.87 bits per heavy atom. The van der Waals surface area contributed by atoms with Crippen LogP contribution in [0.5, 0.6) is 0 Å². The van der Waals surface area contributed by atoms with E-state index in [9.17, 15) is 0 Å². The second-order valence-electron chi connectivity index (χ2n) is 6.02. The normalized spacial score (nSPS) is 13.0. The first-order valence-corrected chi connectivity index (χ1v) is 8.66. The fraction of sp³-hybridized carbons (Fsp3) is 0.882. The minimum absolute atomic E-state index is 0.247. The van der Waals surface area contributed by atoms with E-state index < -0.39 is 5.72 Å². The number of nitrogens with zero attached hydrogens (tertiary/aromatic N) is 2. The molecule has 1 aromatic rings. The van der Waals surface area contributed by atoms with Gasteiger partial charge in [0.05, 0.1) is 18.9 Å². The summed E-state index contributed by atoms with van der Waals surface area (Å²) in [7, 11) is 0. The van der Waals surface area contributed by atoms with Crippen molar-refractivity contribution in [3.8, 4) is 0 Å². The Morgan fingerprint density at radius 1 is 1.26 bits per heavy atom. The second kappa shape index (κ2) is 14.6. The summed E-state index contributed by atoms with van der Waals surface area (Å²) in [5, 5.41) is 9.98. The molecule has 3 N–H and O–H groups in total. The van der Waals surface area contributed by atoms with Crippen LogP contribution in [-0.2, 0) is 16.1 Å². The van der Waals surface area contributed by atoms with Gasteiger partial charge in [0.1, 0.15) is 11.4 Å². The molecule has 0 saturated heterocycles. The number of nitrogens with two attached hydrogens (primary N) is 1. The Kier molecular flexibility index (Phi) is 15.4. The summed E-state index contributed by atoms with van der Waals surface area (Å²) in [6.07, 6.45) is 3.86. The van der Waals surface area contributed by atoms with Gasteiger partial charge < -0.3 is 15.2 Å². The Morgan fingerprint density at radius 3 is 2.26 bits per heavy atom. The molecule has 1 unspecified atom stereocenters. The average Bonchev–Trinajstić information content (AvgIpc) is 3.01. The lowest BCUT2D eigenvalue weighted by atomic mass is 10.1. The predicted molar refractivity (Wildman–Crippen MR) is 95.9 cm³/mol. The highest BCUT2D eigenvalue weighted by molar-refractivity contribution is 4.86. The third-order valence-electron chi connectivity index (χ3n) is 2.86. The van der Waals surface area contributed by atoms with Crippen LogP contribution in [0.15, 0.2) is 6.20 Å². The van der Waals surface area contributed by atoms with Gasteiger partial charge in [0.15, 0.2) is 0 Å². The van der Waals surface area contributed by atoms with E-state index in [1.165, 1.54) is 0 Å². The summed E-state index contributed by atoms with van der Waals surface area (Å²) < 4.78 is 10.7. The number of hydrogen-bond acceptors (Lipinski definition) is 5. The summed E-state index contributed by atoms with van der Waals surface area (Å²) >= 11 is 0. The number of rotatable bonds is 8. The van der Waals surface area contributed by atoms with E-state index in [4.69, 9.17) is 15.2 Å². The molecule has 1 atom stereocenters. The first-order chi connectivity index (χ1) is 10.8. The number of ether oxygens (including phenoxy) is 2. The Labute approximate surface area is 142 Å². The first-order valence-electron chi connectivity index (χ1n) is 8.66. The minimum atomic E-state index is -0.422. The molecule has 6 heteroatoms. The highest BCUT2D eigenvalue weighted by Gasteiger charge is 2.14. The quantitative estimate of drug-likeness (QED) is 0.706. The zero-order chi connectivity index (χ0) is 18.3. The predicted octanol–water partition coefficient (Wildman–Crippen LogP) is 3.89. The summed E-state index contributed by atoms with van der Waals surface area (Å²) in [5.74, 6) is 0.697. The molecule has 0 aromatic carbocycles. The molecule has 0 amide bonds. The Hall–Kier alpha value is -0.980. The Balaban J connectivity index is 0. The summed E-state index contributed by atoms with van der Waals surface area (Å²) in [6, 6.07) is 0. The third-order valence-corrected chi connectivity index (χ3v) is 2.86. The molecule has 1 aromatic heterocycles. The van der Waals surface area contributed by atoms with Gasteiger partial charge in [-0.05, 0) is 39.5 Å². The highest BCUT2D eigenvalue weighted by atomic mass is 16.5. The van der Waals surface area contributed by atoms with E-state index in [1.807, 2.05) is 41.5 Å². The summed E-state index contributed by atoms with van der Waals surface area (Å²) in [6.45, 7) is 17.6. The van der Waals surface area contributed by atoms with Gasteiger partial charge in [0.2, 0.25) is 0 Å². The zero-order valence-electron chi connectivity index (χ0n) is 16.3. The number of nitrogens with one attached hydrogen (secondary N) is 1. The molecule has 0 fully saturated rings. The van der Waals surface area contributed by atoms with Gasteiger partial charge in [-0.15, -0.1) is 0 Å². The van der Waals surface area contributed by atoms with Crippen molar-refractivity contribution in [2.45, 2.75) is 86.7 Å². The van der Waals surface area contributed by atoms with Gasteiger partial charge in [-0.1, -0.05) is 34.6 Å². The van der Waals surface area contributed by atoms with Crippen LogP contribution >= 0.6 is 0 Å². The second-order valence-corrected chi connectivity index (χ2v) is 6.02. The van der Waals surface area contributed by atoms with E-state index in [2.05, 4.69) is 29.3 Å². The molecule has 0 aliphatic rings. The van der Waals surface area contributed by atoms with Crippen LogP contribution in [0.2, 0.25) is 0 Å². The number of aromatic amines is 1. The molecular formula is C17H38N4O2. The van der Waals surface area contributed by atoms with Gasteiger partial charge in [0.25, 0.3) is 0 Å². The molecule has 0 bridgehead atoms. The smallest absolute Gasteiger partial charge is 0.113 e. The monoisotopic (exact) mass is 330 g/mol. The lowest BCUT2D eigenvalue weighted by molar-refractivity contribution is -0.0338. The van der Waals surface area contributed by atoms with Crippen molar-refractivity contribution in [3.05, 3.63) is 11.9 Å². The molecule has 0 aliphatic heterocycles. The van der Waals surface area contributed by atoms with E-state index in [0.717, 1.165) is 25.1 Å². The van der Waals surface area contributed by atoms with E-state index >= 15 is 0 Å². The molecular weight excluding hydrogens is 292 g/mol. The highest BCUT2D eigenvalue weighted by Crippen LogP contribution is 2.09. The largest absolute Gasteiger partial charge is 0.372 e. The van der Waals surface area contributed by atoms with E-state index in [-0.39, 0.29) is 6.10 Å². The molecule has 1 rings (SSSR count). The van der Waals surface area contributed by atoms with Crippen molar-refractivity contribution in [1.82, 2.24) is 15.4 Å². The van der Waals surface area contributed by atoms with Crippen LogP contribution in [0, 0.1) is 5.92 Å². The lowest BCUT2D eigenvalue weighted by Gasteiger charge is -2.23. The molecule has 138 valence electrons. The van der Waals surface area contributed by atoms with Crippen LogP contribution in [0.25, 0.3) is 0 Å². The molecule has 0 saturated carbocycles. The lowest BCUT2D eigenvalue weighted by Crippen LogP contribution is -2.38. The van der Waals surface area contributed by atoms with Crippen molar-refractivity contribution in [3.63, 3.8) is 0 Å². The van der Waals surface area contributed by atoms with Gasteiger partial charge in [-0.25, -0.2) is 0 Å². The first kappa shape index (κ1) is 24.3. The van der Waals surface area contributed by atoms with Crippen molar-refractivity contribution in [1.29, 1.82) is 0 Å². The van der Waals surface area contributed by atoms with Crippen molar-refractivity contribution in [2.75, 3.05) is 6.61 Å². The minimum Gasteiger partial charge on any atom is -0.372 e. The maximum Gasteiger partial charge on any atom is 0.113 e. The van der Waals surface area contributed by atoms with Crippen molar-refractivity contribution < 1.29 is 9.47 Å². The topological polar surface area (TPSA) is 86.0 Å². The van der Waals surface area contributed by atoms with Gasteiger partial charge in [-0.3, -0.25) is 0 Å². The molecule has 0 aliphatic carbocycles. The van der Waals surface area contributed by atoms with Gasteiger partial charge >= 0.3 is 0 Å². The molecule has 0 spiro atoms. The number of hydrogen-bond donors (Lipinski definition) is 2. The molecule has 6 nitrogen and oxygen atoms in total. The maximum absolute atomic E-state index is 5.78. The molecule has 23 heavy (non-hydrogen) atoms. The summed E-state index contributed by atoms with van der Waals surface area (Å²) in [5.41, 5.74) is 6.20. The zero-order valence-corrected chi connectivity index (χ0v) is 16.3. The Bertz CT molecular complexity index is 338. The van der Waals surface area contributed by atoms with Gasteiger partial charge in [-0.2, -0.15) is 15.4 Å². The standard InChI is InChI=1S/C9H21NO.C6H11N3O.C2H6/c1-5-9(4,10)11-7-6-8(2)3;1-5(2)10-4-6-3-7-9-8-6;1-2/h8H,5-7,10H2,1-4H3;3,5H,4H2,1-2H3,(H,7,8,9);1-2H3.